The molecule has 0 saturated carbocycles. The van der Waals surface area contributed by atoms with Crippen molar-refractivity contribution >= 4 is 21.7 Å². The van der Waals surface area contributed by atoms with Gasteiger partial charge in [0.15, 0.2) is 0 Å². The highest BCUT2D eigenvalue weighted by atomic mass is 32.2. The van der Waals surface area contributed by atoms with E-state index in [0.717, 1.165) is 24.3 Å². The number of para-hydroxylation sites is 1. The predicted octanol–water partition coefficient (Wildman–Crippen LogP) is 4.03. The molecular weight excluding hydrogens is 424 g/mol. The van der Waals surface area contributed by atoms with Crippen LogP contribution < -0.4 is 9.08 Å². The summed E-state index contributed by atoms with van der Waals surface area (Å²) >= 11 is 0. The first-order chi connectivity index (χ1) is 15.3. The first-order valence-corrected chi connectivity index (χ1v) is 12.0. The average molecular weight is 451 g/mol. The Labute approximate surface area is 189 Å². The number of carbonyl (C=O) groups is 1. The van der Waals surface area contributed by atoms with Crippen molar-refractivity contribution < 1.29 is 17.4 Å². The van der Waals surface area contributed by atoms with E-state index in [4.69, 9.17) is 4.18 Å². The van der Waals surface area contributed by atoms with Gasteiger partial charge >= 0.3 is 10.1 Å². The Balaban J connectivity index is 1.40. The van der Waals surface area contributed by atoms with Crippen LogP contribution >= 0.6 is 0 Å². The van der Waals surface area contributed by atoms with Crippen molar-refractivity contribution in [2.75, 3.05) is 31.1 Å². The lowest BCUT2D eigenvalue weighted by Gasteiger charge is -2.36. The maximum absolute atomic E-state index is 12.9. The van der Waals surface area contributed by atoms with Gasteiger partial charge in [0.05, 0.1) is 0 Å². The minimum Gasteiger partial charge on any atom is -0.379 e. The van der Waals surface area contributed by atoms with Crippen molar-refractivity contribution in [2.45, 2.75) is 18.7 Å². The van der Waals surface area contributed by atoms with E-state index >= 15 is 0 Å². The van der Waals surface area contributed by atoms with Crippen molar-refractivity contribution in [3.8, 4) is 5.75 Å². The Morgan fingerprint density at radius 2 is 1.50 bits per heavy atom. The van der Waals surface area contributed by atoms with Gasteiger partial charge < -0.3 is 14.0 Å². The zero-order valence-corrected chi connectivity index (χ0v) is 19.0. The third-order valence-corrected chi connectivity index (χ3v) is 7.00. The van der Waals surface area contributed by atoms with E-state index in [0.29, 0.717) is 24.2 Å². The van der Waals surface area contributed by atoms with Gasteiger partial charge in [-0.2, -0.15) is 8.42 Å². The molecule has 1 aliphatic rings. The van der Waals surface area contributed by atoms with Crippen molar-refractivity contribution in [3.63, 3.8) is 0 Å². The summed E-state index contributed by atoms with van der Waals surface area (Å²) in [5, 5.41) is 0. The molecule has 1 amide bonds. The molecule has 3 aromatic rings. The van der Waals surface area contributed by atoms with Gasteiger partial charge in [-0.3, -0.25) is 4.79 Å². The zero-order valence-electron chi connectivity index (χ0n) is 18.2. The number of amides is 1. The number of rotatable bonds is 5. The third-order valence-electron chi connectivity index (χ3n) is 5.61. The molecule has 3 aromatic carbocycles. The molecule has 0 radical (unpaired) electrons. The molecule has 6 nitrogen and oxygen atoms in total. The number of hydrogen-bond acceptors (Lipinski definition) is 5. The quantitative estimate of drug-likeness (QED) is 0.549. The van der Waals surface area contributed by atoms with Crippen LogP contribution in [0.2, 0.25) is 0 Å². The Morgan fingerprint density at radius 1 is 0.844 bits per heavy atom. The van der Waals surface area contributed by atoms with E-state index < -0.39 is 10.1 Å². The number of anilines is 1. The van der Waals surface area contributed by atoms with Crippen LogP contribution in [0.5, 0.6) is 5.75 Å². The molecule has 0 spiro atoms. The number of piperazine rings is 1. The third kappa shape index (κ3) is 4.78. The summed E-state index contributed by atoms with van der Waals surface area (Å²) in [6, 6.07) is 21.6. The van der Waals surface area contributed by atoms with Gasteiger partial charge in [-0.15, -0.1) is 0 Å². The second-order valence-electron chi connectivity index (χ2n) is 7.95. The molecule has 166 valence electrons. The van der Waals surface area contributed by atoms with Gasteiger partial charge in [0.2, 0.25) is 0 Å². The Morgan fingerprint density at radius 3 is 2.16 bits per heavy atom. The van der Waals surface area contributed by atoms with Gasteiger partial charge in [-0.25, -0.2) is 0 Å². The molecule has 0 unspecified atom stereocenters. The van der Waals surface area contributed by atoms with Crippen LogP contribution in [0.4, 0.5) is 5.69 Å². The Hall–Kier alpha value is -3.32. The molecule has 0 bridgehead atoms. The molecule has 1 heterocycles. The minimum atomic E-state index is -3.95. The van der Waals surface area contributed by atoms with Crippen LogP contribution in [0.25, 0.3) is 0 Å². The van der Waals surface area contributed by atoms with E-state index in [2.05, 4.69) is 17.0 Å². The zero-order chi connectivity index (χ0) is 22.7. The molecule has 32 heavy (non-hydrogen) atoms. The molecular formula is C25H26N2O4S. The number of carbonyl (C=O) groups excluding carboxylic acids is 1. The Kier molecular flexibility index (Phi) is 6.19. The number of hydrogen-bond donors (Lipinski definition) is 0. The monoisotopic (exact) mass is 450 g/mol. The summed E-state index contributed by atoms with van der Waals surface area (Å²) in [6.07, 6.45) is 0. The van der Waals surface area contributed by atoms with Crippen LogP contribution in [0, 0.1) is 13.8 Å². The summed E-state index contributed by atoms with van der Waals surface area (Å²) in [5.41, 5.74) is 3.13. The molecule has 7 heteroatoms. The molecule has 1 saturated heterocycles. The fourth-order valence-electron chi connectivity index (χ4n) is 3.79. The van der Waals surface area contributed by atoms with Gasteiger partial charge in [-0.1, -0.05) is 30.3 Å². The summed E-state index contributed by atoms with van der Waals surface area (Å²) < 4.78 is 30.7. The molecule has 0 atom stereocenters. The maximum Gasteiger partial charge on any atom is 0.339 e. The van der Waals surface area contributed by atoms with Crippen LogP contribution in [0.3, 0.4) is 0 Å². The van der Waals surface area contributed by atoms with Crippen LogP contribution in [-0.2, 0) is 10.1 Å². The standard InChI is InChI=1S/C25H26N2O4S/c1-19-8-9-20(2)24(18-19)32(29,30)31-23-12-10-21(11-13-23)25(28)27-16-14-26(15-17-27)22-6-4-3-5-7-22/h3-13,18H,14-17H2,1-2H3. The van der Waals surface area contributed by atoms with E-state index in [1.165, 1.54) is 12.1 Å². The topological polar surface area (TPSA) is 66.9 Å². The molecule has 0 N–H and O–H groups in total. The van der Waals surface area contributed by atoms with Crippen molar-refractivity contribution in [3.05, 3.63) is 89.5 Å². The highest BCUT2D eigenvalue weighted by molar-refractivity contribution is 7.87. The molecule has 0 aromatic heterocycles. The lowest BCUT2D eigenvalue weighted by molar-refractivity contribution is 0.0747. The van der Waals surface area contributed by atoms with Gasteiger partial charge in [0, 0.05) is 37.4 Å². The van der Waals surface area contributed by atoms with Crippen molar-refractivity contribution in [1.29, 1.82) is 0 Å². The summed E-state index contributed by atoms with van der Waals surface area (Å²) in [5.74, 6) is 0.109. The summed E-state index contributed by atoms with van der Waals surface area (Å²) in [6.45, 7) is 6.36. The predicted molar refractivity (Wildman–Crippen MR) is 125 cm³/mol. The maximum atomic E-state index is 12.9. The number of aryl methyl sites for hydroxylation is 2. The van der Waals surface area contributed by atoms with Crippen molar-refractivity contribution in [1.82, 2.24) is 4.90 Å². The van der Waals surface area contributed by atoms with E-state index in [1.54, 1.807) is 31.2 Å². The fourth-order valence-corrected chi connectivity index (χ4v) is 5.04. The largest absolute Gasteiger partial charge is 0.379 e. The summed E-state index contributed by atoms with van der Waals surface area (Å²) in [4.78, 5) is 17.1. The molecule has 1 aliphatic heterocycles. The van der Waals surface area contributed by atoms with Crippen molar-refractivity contribution in [2.24, 2.45) is 0 Å². The highest BCUT2D eigenvalue weighted by Gasteiger charge is 2.23. The van der Waals surface area contributed by atoms with Gasteiger partial charge in [0.1, 0.15) is 10.6 Å². The second kappa shape index (κ2) is 9.04. The van der Waals surface area contributed by atoms with Crippen LogP contribution in [-0.4, -0.2) is 45.4 Å². The molecule has 4 rings (SSSR count). The minimum absolute atomic E-state index is 0.0679. The van der Waals surface area contributed by atoms with E-state index in [-0.39, 0.29) is 16.6 Å². The highest BCUT2D eigenvalue weighted by Crippen LogP contribution is 2.23. The van der Waals surface area contributed by atoms with E-state index in [9.17, 15) is 13.2 Å². The number of nitrogens with zero attached hydrogens (tertiary/aromatic N) is 2. The SMILES string of the molecule is Cc1ccc(C)c(S(=O)(=O)Oc2ccc(C(=O)N3CCN(c4ccccc4)CC3)cc2)c1. The van der Waals surface area contributed by atoms with Gasteiger partial charge in [-0.05, 0) is 67.4 Å². The van der Waals surface area contributed by atoms with E-state index in [1.807, 2.05) is 36.1 Å². The number of benzene rings is 3. The lowest BCUT2D eigenvalue weighted by atomic mass is 10.1. The second-order valence-corrected chi connectivity index (χ2v) is 9.46. The van der Waals surface area contributed by atoms with Crippen LogP contribution in [0.15, 0.2) is 77.7 Å². The molecule has 0 aliphatic carbocycles. The average Bonchev–Trinajstić information content (AvgIpc) is 2.81. The smallest absolute Gasteiger partial charge is 0.339 e. The fraction of sp³-hybridized carbons (Fsp3) is 0.240. The first-order valence-electron chi connectivity index (χ1n) is 10.5. The lowest BCUT2D eigenvalue weighted by Crippen LogP contribution is -2.48. The normalized spacial score (nSPS) is 14.3. The van der Waals surface area contributed by atoms with Crippen LogP contribution in [0.1, 0.15) is 21.5 Å². The Bertz CT molecular complexity index is 1200. The van der Waals surface area contributed by atoms with Gasteiger partial charge in [0.25, 0.3) is 5.91 Å². The first kappa shape index (κ1) is 21.9. The summed E-state index contributed by atoms with van der Waals surface area (Å²) in [7, 11) is -3.95. The molecule has 1 fully saturated rings.